The van der Waals surface area contributed by atoms with E-state index in [0.29, 0.717) is 13.2 Å². The first-order chi connectivity index (χ1) is 6.11. The van der Waals surface area contributed by atoms with Gasteiger partial charge in [0.05, 0.1) is 19.3 Å². The molecule has 1 aromatic heterocycles. The van der Waals surface area contributed by atoms with E-state index >= 15 is 0 Å². The van der Waals surface area contributed by atoms with Gasteiger partial charge in [0, 0.05) is 12.1 Å². The van der Waals surface area contributed by atoms with Gasteiger partial charge >= 0.3 is 0 Å². The van der Waals surface area contributed by atoms with Crippen molar-refractivity contribution in [2.24, 2.45) is 0 Å². The zero-order valence-electron chi connectivity index (χ0n) is 7.90. The first-order valence-corrected chi connectivity index (χ1v) is 4.30. The molecule has 2 N–H and O–H groups in total. The van der Waals surface area contributed by atoms with Crippen LogP contribution in [0.15, 0.2) is 12.1 Å². The van der Waals surface area contributed by atoms with E-state index in [0.717, 1.165) is 0 Å². The Hall–Kier alpha value is -1.16. The van der Waals surface area contributed by atoms with Crippen LogP contribution in [0.4, 0.5) is 0 Å². The Labute approximate surface area is 77.4 Å². The van der Waals surface area contributed by atoms with Gasteiger partial charge in [0.25, 0.3) is 0 Å². The van der Waals surface area contributed by atoms with E-state index in [1.165, 1.54) is 16.7 Å². The lowest BCUT2D eigenvalue weighted by molar-refractivity contribution is 0.0704. The smallest absolute Gasteiger partial charge is 0.193 e. The van der Waals surface area contributed by atoms with Crippen molar-refractivity contribution in [1.82, 2.24) is 4.57 Å². The van der Waals surface area contributed by atoms with E-state index < -0.39 is 0 Å². The average molecular weight is 185 g/mol. The number of ether oxygens (including phenoxy) is 1. The summed E-state index contributed by atoms with van der Waals surface area (Å²) in [5.74, 6) is 0.120. The van der Waals surface area contributed by atoms with E-state index in [-0.39, 0.29) is 17.9 Å². The molecule has 0 aliphatic rings. The number of aromatic hydroxyl groups is 2. The Bertz CT molecular complexity index is 248. The molecule has 0 aromatic carbocycles. The summed E-state index contributed by atoms with van der Waals surface area (Å²) in [6.45, 7) is 4.82. The molecule has 0 spiro atoms. The van der Waals surface area contributed by atoms with Gasteiger partial charge in [-0.1, -0.05) is 0 Å². The van der Waals surface area contributed by atoms with Crippen LogP contribution < -0.4 is 0 Å². The zero-order valence-corrected chi connectivity index (χ0v) is 7.90. The molecule has 13 heavy (non-hydrogen) atoms. The molecule has 0 atom stereocenters. The average Bonchev–Trinajstić information content (AvgIpc) is 2.34. The fourth-order valence-electron chi connectivity index (χ4n) is 1.06. The molecule has 0 bridgehead atoms. The van der Waals surface area contributed by atoms with Gasteiger partial charge in [-0.2, -0.15) is 0 Å². The molecular weight excluding hydrogens is 170 g/mol. The molecule has 1 heterocycles. The minimum Gasteiger partial charge on any atom is -0.494 e. The first-order valence-electron chi connectivity index (χ1n) is 4.30. The van der Waals surface area contributed by atoms with Crippen LogP contribution in [-0.4, -0.2) is 27.5 Å². The van der Waals surface area contributed by atoms with Gasteiger partial charge in [0.1, 0.15) is 0 Å². The van der Waals surface area contributed by atoms with Crippen molar-refractivity contribution in [2.75, 3.05) is 6.61 Å². The topological polar surface area (TPSA) is 54.6 Å². The zero-order chi connectivity index (χ0) is 9.84. The van der Waals surface area contributed by atoms with Crippen molar-refractivity contribution in [1.29, 1.82) is 0 Å². The number of hydrogen-bond acceptors (Lipinski definition) is 3. The molecule has 0 amide bonds. The van der Waals surface area contributed by atoms with Crippen molar-refractivity contribution in [3.05, 3.63) is 12.1 Å². The molecule has 0 unspecified atom stereocenters. The van der Waals surface area contributed by atoms with Crippen molar-refractivity contribution < 1.29 is 14.9 Å². The molecule has 0 aliphatic heterocycles. The summed E-state index contributed by atoms with van der Waals surface area (Å²) < 4.78 is 6.67. The number of aromatic nitrogens is 1. The van der Waals surface area contributed by atoms with E-state index in [2.05, 4.69) is 0 Å². The summed E-state index contributed by atoms with van der Waals surface area (Å²) in [6.07, 6.45) is 0.167. The molecule has 4 heteroatoms. The lowest BCUT2D eigenvalue weighted by Gasteiger charge is -2.09. The Balaban J connectivity index is 2.44. The highest BCUT2D eigenvalue weighted by atomic mass is 16.5. The van der Waals surface area contributed by atoms with Crippen LogP contribution in [0.1, 0.15) is 13.8 Å². The van der Waals surface area contributed by atoms with Gasteiger partial charge in [-0.3, -0.25) is 4.57 Å². The molecule has 0 saturated heterocycles. The van der Waals surface area contributed by atoms with Crippen molar-refractivity contribution in [3.8, 4) is 11.8 Å². The second-order valence-corrected chi connectivity index (χ2v) is 3.12. The SMILES string of the molecule is CC(C)OCCn1c(O)ccc1O. The van der Waals surface area contributed by atoms with Crippen LogP contribution in [0, 0.1) is 0 Å². The second-order valence-electron chi connectivity index (χ2n) is 3.12. The summed E-state index contributed by atoms with van der Waals surface area (Å²) in [5.41, 5.74) is 0. The maximum Gasteiger partial charge on any atom is 0.193 e. The quantitative estimate of drug-likeness (QED) is 0.744. The van der Waals surface area contributed by atoms with E-state index in [4.69, 9.17) is 4.74 Å². The third kappa shape index (κ3) is 2.66. The largest absolute Gasteiger partial charge is 0.494 e. The first kappa shape index (κ1) is 9.92. The Morgan fingerprint density at radius 2 is 1.85 bits per heavy atom. The highest BCUT2D eigenvalue weighted by Gasteiger charge is 2.04. The second kappa shape index (κ2) is 4.18. The Morgan fingerprint density at radius 3 is 2.31 bits per heavy atom. The molecule has 1 aromatic rings. The fraction of sp³-hybridized carbons (Fsp3) is 0.556. The van der Waals surface area contributed by atoms with Crippen LogP contribution in [-0.2, 0) is 11.3 Å². The molecular formula is C9H15NO3. The normalized spacial score (nSPS) is 11.0. The van der Waals surface area contributed by atoms with Crippen molar-refractivity contribution in [3.63, 3.8) is 0 Å². The van der Waals surface area contributed by atoms with Gasteiger partial charge in [-0.15, -0.1) is 0 Å². The number of nitrogens with zero attached hydrogens (tertiary/aromatic N) is 1. The standard InChI is InChI=1S/C9H15NO3/c1-7(2)13-6-5-10-8(11)3-4-9(10)12/h3-4,7,11-12H,5-6H2,1-2H3. The molecule has 0 aliphatic carbocycles. The lowest BCUT2D eigenvalue weighted by Crippen LogP contribution is -2.09. The molecule has 0 fully saturated rings. The van der Waals surface area contributed by atoms with E-state index in [1.54, 1.807) is 0 Å². The van der Waals surface area contributed by atoms with Crippen molar-refractivity contribution in [2.45, 2.75) is 26.5 Å². The van der Waals surface area contributed by atoms with Gasteiger partial charge in [-0.05, 0) is 13.8 Å². The van der Waals surface area contributed by atoms with Gasteiger partial charge < -0.3 is 14.9 Å². The summed E-state index contributed by atoms with van der Waals surface area (Å²) in [7, 11) is 0. The highest BCUT2D eigenvalue weighted by molar-refractivity contribution is 5.23. The maximum absolute atomic E-state index is 9.24. The van der Waals surface area contributed by atoms with Crippen LogP contribution >= 0.6 is 0 Å². The fourth-order valence-corrected chi connectivity index (χ4v) is 1.06. The Kier molecular flexibility index (Phi) is 3.19. The molecule has 4 nitrogen and oxygen atoms in total. The lowest BCUT2D eigenvalue weighted by atomic mass is 10.5. The monoisotopic (exact) mass is 185 g/mol. The molecule has 74 valence electrons. The minimum atomic E-state index is 0.0601. The summed E-state index contributed by atoms with van der Waals surface area (Å²) in [5, 5.41) is 18.5. The molecule has 0 saturated carbocycles. The third-order valence-electron chi connectivity index (χ3n) is 1.70. The summed E-state index contributed by atoms with van der Waals surface area (Å²) >= 11 is 0. The number of rotatable bonds is 4. The molecule has 0 radical (unpaired) electrons. The van der Waals surface area contributed by atoms with Crippen molar-refractivity contribution >= 4 is 0 Å². The molecule has 1 rings (SSSR count). The van der Waals surface area contributed by atoms with E-state index in [9.17, 15) is 10.2 Å². The highest BCUT2D eigenvalue weighted by Crippen LogP contribution is 2.20. The Morgan fingerprint density at radius 1 is 1.31 bits per heavy atom. The summed E-state index contributed by atoms with van der Waals surface area (Å²) in [6, 6.07) is 2.90. The van der Waals surface area contributed by atoms with Gasteiger partial charge in [0.15, 0.2) is 11.8 Å². The predicted molar refractivity (Wildman–Crippen MR) is 48.8 cm³/mol. The van der Waals surface area contributed by atoms with Gasteiger partial charge in [0.2, 0.25) is 0 Å². The van der Waals surface area contributed by atoms with Crippen LogP contribution in [0.2, 0.25) is 0 Å². The van der Waals surface area contributed by atoms with Gasteiger partial charge in [-0.25, -0.2) is 0 Å². The predicted octanol–water partition coefficient (Wildman–Crippen LogP) is 1.32. The summed E-state index contributed by atoms with van der Waals surface area (Å²) in [4.78, 5) is 0. The van der Waals surface area contributed by atoms with Crippen LogP contribution in [0.5, 0.6) is 11.8 Å². The van der Waals surface area contributed by atoms with E-state index in [1.807, 2.05) is 13.8 Å². The van der Waals surface area contributed by atoms with Crippen LogP contribution in [0.25, 0.3) is 0 Å². The third-order valence-corrected chi connectivity index (χ3v) is 1.70. The maximum atomic E-state index is 9.24. The minimum absolute atomic E-state index is 0.0601. The number of hydrogen-bond donors (Lipinski definition) is 2. The van der Waals surface area contributed by atoms with Crippen LogP contribution in [0.3, 0.4) is 0 Å².